The summed E-state index contributed by atoms with van der Waals surface area (Å²) in [4.78, 5) is 5.25. The van der Waals surface area contributed by atoms with Crippen molar-refractivity contribution in [3.05, 3.63) is 24.2 Å². The zero-order chi connectivity index (χ0) is 18.0. The number of nitrogens with one attached hydrogen (secondary N) is 1. The molecule has 26 heavy (non-hydrogen) atoms. The van der Waals surface area contributed by atoms with E-state index in [1.807, 2.05) is 6.07 Å². The van der Waals surface area contributed by atoms with Gasteiger partial charge in [0.15, 0.2) is 11.7 Å². The lowest BCUT2D eigenvalue weighted by molar-refractivity contribution is 0.458. The van der Waals surface area contributed by atoms with Crippen LogP contribution in [-0.4, -0.2) is 19.4 Å². The first-order valence-corrected chi connectivity index (χ1v) is 12.0. The summed E-state index contributed by atoms with van der Waals surface area (Å²) in [5.74, 6) is 1.89. The van der Waals surface area contributed by atoms with Crippen LogP contribution in [0.3, 0.4) is 0 Å². The van der Waals surface area contributed by atoms with Crippen molar-refractivity contribution in [3.63, 3.8) is 0 Å². The van der Waals surface area contributed by atoms with E-state index in [4.69, 9.17) is 4.42 Å². The van der Waals surface area contributed by atoms with Crippen LogP contribution in [-0.2, 0) is 10.0 Å². The largest absolute Gasteiger partial charge is 0.440 e. The molecule has 2 aliphatic rings. The molecule has 2 saturated carbocycles. The molecule has 0 atom stereocenters. The summed E-state index contributed by atoms with van der Waals surface area (Å²) in [7, 11) is -3.47. The normalized spacial score (nSPS) is 20.5. The molecule has 0 aromatic carbocycles. The molecule has 7 heteroatoms. The van der Waals surface area contributed by atoms with Gasteiger partial charge in [0, 0.05) is 12.0 Å². The van der Waals surface area contributed by atoms with E-state index < -0.39 is 10.0 Å². The number of hydrogen-bond acceptors (Lipinski definition) is 5. The Hall–Kier alpha value is -1.18. The SMILES string of the molecule is O=S(=O)(NC1CCCCCC1)c1ccc(-c2cnc(C3CCCC3)o2)s1. The third-order valence-electron chi connectivity index (χ3n) is 5.49. The second kappa shape index (κ2) is 7.82. The lowest BCUT2D eigenvalue weighted by atomic mass is 10.1. The molecule has 142 valence electrons. The van der Waals surface area contributed by atoms with Crippen molar-refractivity contribution >= 4 is 21.4 Å². The van der Waals surface area contributed by atoms with Crippen molar-refractivity contribution in [1.29, 1.82) is 0 Å². The van der Waals surface area contributed by atoms with Crippen molar-refractivity contribution in [2.24, 2.45) is 0 Å². The minimum atomic E-state index is -3.47. The van der Waals surface area contributed by atoms with Gasteiger partial charge in [-0.2, -0.15) is 0 Å². The van der Waals surface area contributed by atoms with Crippen LogP contribution in [0, 0.1) is 0 Å². The zero-order valence-electron chi connectivity index (χ0n) is 14.9. The lowest BCUT2D eigenvalue weighted by Crippen LogP contribution is -2.33. The molecule has 2 aliphatic carbocycles. The van der Waals surface area contributed by atoms with Crippen molar-refractivity contribution < 1.29 is 12.8 Å². The smallest absolute Gasteiger partial charge is 0.250 e. The molecule has 0 aliphatic heterocycles. The summed E-state index contributed by atoms with van der Waals surface area (Å²) in [5, 5.41) is 0. The van der Waals surface area contributed by atoms with Crippen LogP contribution in [0.25, 0.3) is 10.6 Å². The maximum Gasteiger partial charge on any atom is 0.250 e. The summed E-state index contributed by atoms with van der Waals surface area (Å²) in [6, 6.07) is 3.56. The molecular formula is C19H26N2O3S2. The molecule has 2 aromatic rings. The number of nitrogens with zero attached hydrogens (tertiary/aromatic N) is 1. The Kier molecular flexibility index (Phi) is 5.47. The highest BCUT2D eigenvalue weighted by atomic mass is 32.2. The number of oxazole rings is 1. The third-order valence-corrected chi connectivity index (χ3v) is 8.61. The van der Waals surface area contributed by atoms with Crippen LogP contribution in [0.5, 0.6) is 0 Å². The van der Waals surface area contributed by atoms with E-state index >= 15 is 0 Å². The number of rotatable bonds is 5. The summed E-state index contributed by atoms with van der Waals surface area (Å²) in [6.07, 6.45) is 12.9. The molecule has 2 heterocycles. The summed E-state index contributed by atoms with van der Waals surface area (Å²) < 4.78 is 34.6. The second-order valence-corrected chi connectivity index (χ2v) is 10.5. The van der Waals surface area contributed by atoms with Crippen LogP contribution in [0.2, 0.25) is 0 Å². The van der Waals surface area contributed by atoms with Gasteiger partial charge >= 0.3 is 0 Å². The molecule has 4 rings (SSSR count). The van der Waals surface area contributed by atoms with Gasteiger partial charge in [-0.1, -0.05) is 38.5 Å². The Balaban J connectivity index is 1.48. The average Bonchev–Trinajstić information content (AvgIpc) is 3.34. The van der Waals surface area contributed by atoms with E-state index in [0.29, 0.717) is 15.9 Å². The van der Waals surface area contributed by atoms with Crippen molar-refractivity contribution in [1.82, 2.24) is 9.71 Å². The Morgan fingerprint density at radius 2 is 1.69 bits per heavy atom. The van der Waals surface area contributed by atoms with Gasteiger partial charge in [0.1, 0.15) is 4.21 Å². The van der Waals surface area contributed by atoms with Gasteiger partial charge < -0.3 is 4.42 Å². The molecule has 0 amide bonds. The Bertz CT molecular complexity index is 827. The average molecular weight is 395 g/mol. The fourth-order valence-electron chi connectivity index (χ4n) is 4.03. The van der Waals surface area contributed by atoms with Gasteiger partial charge in [-0.3, -0.25) is 0 Å². The van der Waals surface area contributed by atoms with E-state index in [1.54, 1.807) is 12.3 Å². The second-order valence-electron chi connectivity index (χ2n) is 7.47. The zero-order valence-corrected chi connectivity index (χ0v) is 16.6. The minimum absolute atomic E-state index is 0.0623. The molecule has 5 nitrogen and oxygen atoms in total. The standard InChI is InChI=1S/C19H26N2O3S2/c22-26(23,21-15-9-3-1-2-4-10-15)18-12-11-17(25-18)16-13-20-19(24-16)14-7-5-6-8-14/h11-15,21H,1-10H2. The maximum absolute atomic E-state index is 12.7. The Morgan fingerprint density at radius 1 is 1.00 bits per heavy atom. The third kappa shape index (κ3) is 4.05. The van der Waals surface area contributed by atoms with Gasteiger partial charge in [-0.05, 0) is 37.8 Å². The first-order chi connectivity index (χ1) is 12.6. The van der Waals surface area contributed by atoms with Crippen LogP contribution >= 0.6 is 11.3 Å². The highest BCUT2D eigenvalue weighted by Crippen LogP contribution is 2.37. The van der Waals surface area contributed by atoms with Gasteiger partial charge in [0.05, 0.1) is 11.1 Å². The van der Waals surface area contributed by atoms with E-state index in [9.17, 15) is 8.42 Å². The van der Waals surface area contributed by atoms with Gasteiger partial charge in [0.25, 0.3) is 0 Å². The fourth-order valence-corrected chi connectivity index (χ4v) is 6.61. The van der Waals surface area contributed by atoms with Crippen LogP contribution in [0.4, 0.5) is 0 Å². The number of sulfonamides is 1. The van der Waals surface area contributed by atoms with Crippen LogP contribution in [0.15, 0.2) is 27.0 Å². The molecule has 1 N–H and O–H groups in total. The maximum atomic E-state index is 12.7. The predicted molar refractivity (Wildman–Crippen MR) is 103 cm³/mol. The van der Waals surface area contributed by atoms with Crippen molar-refractivity contribution in [2.75, 3.05) is 0 Å². The molecule has 0 bridgehead atoms. The molecule has 0 saturated heterocycles. The first kappa shape index (κ1) is 18.2. The van der Waals surface area contributed by atoms with E-state index in [0.717, 1.165) is 49.3 Å². The van der Waals surface area contributed by atoms with E-state index in [-0.39, 0.29) is 6.04 Å². The molecular weight excluding hydrogens is 368 g/mol. The molecule has 0 radical (unpaired) electrons. The summed E-state index contributed by atoms with van der Waals surface area (Å²) in [5.41, 5.74) is 0. The van der Waals surface area contributed by atoms with Gasteiger partial charge in [0.2, 0.25) is 10.0 Å². The quantitative estimate of drug-likeness (QED) is 0.719. The summed E-state index contributed by atoms with van der Waals surface area (Å²) in [6.45, 7) is 0. The van der Waals surface area contributed by atoms with E-state index in [2.05, 4.69) is 9.71 Å². The highest BCUT2D eigenvalue weighted by Gasteiger charge is 2.25. The van der Waals surface area contributed by atoms with Gasteiger partial charge in [-0.25, -0.2) is 18.1 Å². The summed E-state index contributed by atoms with van der Waals surface area (Å²) >= 11 is 1.26. The Labute approximate surface area is 159 Å². The fraction of sp³-hybridized carbons (Fsp3) is 0.632. The molecule has 0 unspecified atom stereocenters. The topological polar surface area (TPSA) is 72.2 Å². The highest BCUT2D eigenvalue weighted by molar-refractivity contribution is 7.91. The van der Waals surface area contributed by atoms with Crippen molar-refractivity contribution in [2.45, 2.75) is 80.4 Å². The molecule has 2 aromatic heterocycles. The molecule has 2 fully saturated rings. The number of thiophene rings is 1. The first-order valence-electron chi connectivity index (χ1n) is 9.70. The van der Waals surface area contributed by atoms with Crippen LogP contribution in [0.1, 0.15) is 76.0 Å². The van der Waals surface area contributed by atoms with Crippen LogP contribution < -0.4 is 4.72 Å². The lowest BCUT2D eigenvalue weighted by Gasteiger charge is -2.15. The predicted octanol–water partition coefficient (Wildman–Crippen LogP) is 5.06. The van der Waals surface area contributed by atoms with Gasteiger partial charge in [-0.15, -0.1) is 11.3 Å². The van der Waals surface area contributed by atoms with E-state index in [1.165, 1.54) is 37.0 Å². The van der Waals surface area contributed by atoms with Crippen molar-refractivity contribution in [3.8, 4) is 10.6 Å². The number of aromatic nitrogens is 1. The molecule has 0 spiro atoms. The minimum Gasteiger partial charge on any atom is -0.440 e. The Morgan fingerprint density at radius 3 is 2.42 bits per heavy atom. The monoisotopic (exact) mass is 394 g/mol. The number of hydrogen-bond donors (Lipinski definition) is 1.